The summed E-state index contributed by atoms with van der Waals surface area (Å²) < 4.78 is 71.3. The number of methoxy groups -OCH3 is 1. The number of alkyl halides is 3. The Morgan fingerprint density at radius 3 is 2.38 bits per heavy atom. The molecule has 0 unspecified atom stereocenters. The number of sulfonamides is 1. The minimum atomic E-state index is -4.77. The average molecular weight is 496 g/mol. The molecule has 0 aliphatic carbocycles. The van der Waals surface area contributed by atoms with Crippen molar-refractivity contribution in [3.8, 4) is 5.75 Å². The first kappa shape index (κ1) is 25.7. The van der Waals surface area contributed by atoms with Gasteiger partial charge in [-0.1, -0.05) is 25.4 Å². The average Bonchev–Trinajstić information content (AvgIpc) is 2.71. The molecule has 0 saturated heterocycles. The number of halogens is 4. The SMILES string of the molecule is CCN(CC)S(=O)(=O)c1ccc(OC)c(NC(=O)Cn2cc(C(F)(F)F)cc(Cl)c2=O)c1. The number of hydrogen-bond acceptors (Lipinski definition) is 5. The van der Waals surface area contributed by atoms with E-state index in [9.17, 15) is 31.2 Å². The summed E-state index contributed by atoms with van der Waals surface area (Å²) in [6.07, 6.45) is -4.29. The fraction of sp³-hybridized carbons (Fsp3) is 0.368. The number of amides is 1. The lowest BCUT2D eigenvalue weighted by molar-refractivity contribution is -0.138. The molecular formula is C19H21ClF3N3O5S. The van der Waals surface area contributed by atoms with Crippen LogP contribution in [0.2, 0.25) is 5.02 Å². The molecule has 0 fully saturated rings. The third-order valence-electron chi connectivity index (χ3n) is 4.47. The van der Waals surface area contributed by atoms with Gasteiger partial charge in [0.15, 0.2) is 0 Å². The van der Waals surface area contributed by atoms with Gasteiger partial charge in [-0.2, -0.15) is 17.5 Å². The minimum absolute atomic E-state index is 0.0307. The second kappa shape index (κ2) is 9.92. The molecule has 0 aliphatic rings. The number of benzene rings is 1. The van der Waals surface area contributed by atoms with Crippen LogP contribution in [-0.4, -0.2) is 43.4 Å². The number of rotatable bonds is 8. The highest BCUT2D eigenvalue weighted by Gasteiger charge is 2.32. The second-order valence-electron chi connectivity index (χ2n) is 6.51. The van der Waals surface area contributed by atoms with Gasteiger partial charge in [0.25, 0.3) is 5.56 Å². The summed E-state index contributed by atoms with van der Waals surface area (Å²) >= 11 is 5.59. The highest BCUT2D eigenvalue weighted by Crippen LogP contribution is 2.30. The van der Waals surface area contributed by atoms with Crippen LogP contribution in [0.4, 0.5) is 18.9 Å². The maximum absolute atomic E-state index is 13.0. The van der Waals surface area contributed by atoms with E-state index >= 15 is 0 Å². The highest BCUT2D eigenvalue weighted by atomic mass is 35.5. The van der Waals surface area contributed by atoms with Gasteiger partial charge in [0.2, 0.25) is 15.9 Å². The van der Waals surface area contributed by atoms with Gasteiger partial charge < -0.3 is 14.6 Å². The number of hydrogen-bond donors (Lipinski definition) is 1. The Bertz CT molecular complexity index is 1160. The summed E-state index contributed by atoms with van der Waals surface area (Å²) in [6.45, 7) is 3.01. The highest BCUT2D eigenvalue weighted by molar-refractivity contribution is 7.89. The van der Waals surface area contributed by atoms with Crippen molar-refractivity contribution in [1.82, 2.24) is 8.87 Å². The molecule has 2 aromatic rings. The predicted molar refractivity (Wildman–Crippen MR) is 112 cm³/mol. The quantitative estimate of drug-likeness (QED) is 0.606. The third kappa shape index (κ3) is 5.61. The minimum Gasteiger partial charge on any atom is -0.495 e. The van der Waals surface area contributed by atoms with E-state index in [0.717, 1.165) is 0 Å². The third-order valence-corrected chi connectivity index (χ3v) is 6.79. The lowest BCUT2D eigenvalue weighted by Gasteiger charge is -2.20. The second-order valence-corrected chi connectivity index (χ2v) is 8.85. The number of carbonyl (C=O) groups is 1. The van der Waals surface area contributed by atoms with E-state index in [2.05, 4.69) is 5.32 Å². The van der Waals surface area contributed by atoms with Crippen molar-refractivity contribution in [2.75, 3.05) is 25.5 Å². The van der Waals surface area contributed by atoms with E-state index in [1.54, 1.807) is 13.8 Å². The molecule has 8 nitrogen and oxygen atoms in total. The molecule has 1 aromatic heterocycles. The monoisotopic (exact) mass is 495 g/mol. The number of anilines is 1. The summed E-state index contributed by atoms with van der Waals surface area (Å²) in [5.74, 6) is -0.774. The molecule has 0 spiro atoms. The lowest BCUT2D eigenvalue weighted by atomic mass is 10.2. The molecule has 13 heteroatoms. The van der Waals surface area contributed by atoms with Crippen molar-refractivity contribution in [2.45, 2.75) is 31.5 Å². The number of carbonyl (C=O) groups excluding carboxylic acids is 1. The van der Waals surface area contributed by atoms with Crippen LogP contribution in [0.5, 0.6) is 5.75 Å². The van der Waals surface area contributed by atoms with Crippen molar-refractivity contribution in [3.05, 3.63) is 51.4 Å². The Balaban J connectivity index is 2.38. The van der Waals surface area contributed by atoms with Gasteiger partial charge in [0.1, 0.15) is 17.3 Å². The summed E-state index contributed by atoms with van der Waals surface area (Å²) in [6, 6.07) is 4.29. The Morgan fingerprint density at radius 2 is 1.84 bits per heavy atom. The molecule has 0 radical (unpaired) electrons. The van der Waals surface area contributed by atoms with Crippen LogP contribution in [0, 0.1) is 0 Å². The van der Waals surface area contributed by atoms with Crippen LogP contribution in [0.25, 0.3) is 0 Å². The molecule has 0 atom stereocenters. The molecule has 0 aliphatic heterocycles. The fourth-order valence-electron chi connectivity index (χ4n) is 2.87. The molecule has 1 N–H and O–H groups in total. The number of aromatic nitrogens is 1. The maximum Gasteiger partial charge on any atom is 0.417 e. The van der Waals surface area contributed by atoms with Crippen LogP contribution >= 0.6 is 11.6 Å². The van der Waals surface area contributed by atoms with Crippen LogP contribution < -0.4 is 15.6 Å². The molecule has 2 rings (SSSR count). The van der Waals surface area contributed by atoms with Gasteiger partial charge in [-0.05, 0) is 24.3 Å². The molecule has 0 saturated carbocycles. The zero-order valence-electron chi connectivity index (χ0n) is 17.4. The summed E-state index contributed by atoms with van der Waals surface area (Å²) in [7, 11) is -2.56. The molecule has 176 valence electrons. The van der Waals surface area contributed by atoms with Gasteiger partial charge >= 0.3 is 6.18 Å². The van der Waals surface area contributed by atoms with E-state index < -0.39 is 44.8 Å². The first-order valence-corrected chi connectivity index (χ1v) is 11.1. The van der Waals surface area contributed by atoms with Crippen LogP contribution in [0.1, 0.15) is 19.4 Å². The van der Waals surface area contributed by atoms with Crippen LogP contribution in [-0.2, 0) is 27.5 Å². The molecule has 1 heterocycles. The number of nitrogens with one attached hydrogen (secondary N) is 1. The van der Waals surface area contributed by atoms with Crippen LogP contribution in [0.3, 0.4) is 0 Å². The molecule has 0 bridgehead atoms. The fourth-order valence-corrected chi connectivity index (χ4v) is 4.58. The van der Waals surface area contributed by atoms with Crippen LogP contribution in [0.15, 0.2) is 40.2 Å². The van der Waals surface area contributed by atoms with Crippen molar-refractivity contribution in [3.63, 3.8) is 0 Å². The maximum atomic E-state index is 13.0. The summed E-state index contributed by atoms with van der Waals surface area (Å²) in [5.41, 5.74) is -2.21. The van der Waals surface area contributed by atoms with E-state index in [0.29, 0.717) is 16.8 Å². The summed E-state index contributed by atoms with van der Waals surface area (Å²) in [4.78, 5) is 24.4. The van der Waals surface area contributed by atoms with Gasteiger partial charge in [0, 0.05) is 19.3 Å². The zero-order chi connectivity index (χ0) is 24.3. The Kier molecular flexibility index (Phi) is 7.97. The normalized spacial score (nSPS) is 12.1. The summed E-state index contributed by atoms with van der Waals surface area (Å²) in [5, 5.41) is 1.67. The van der Waals surface area contributed by atoms with Gasteiger partial charge in [0.05, 0.1) is 23.3 Å². The molecule has 1 amide bonds. The zero-order valence-corrected chi connectivity index (χ0v) is 18.9. The Morgan fingerprint density at radius 1 is 1.22 bits per heavy atom. The molecular weight excluding hydrogens is 475 g/mol. The van der Waals surface area contributed by atoms with Gasteiger partial charge in [-0.15, -0.1) is 0 Å². The standard InChI is InChI=1S/C19H21ClF3N3O5S/c1-4-26(5-2)32(29,30)13-6-7-16(31-3)15(9-13)24-17(27)11-25-10-12(19(21,22)23)8-14(20)18(25)28/h6-10H,4-5,11H2,1-3H3,(H,24,27). The van der Waals surface area contributed by atoms with Gasteiger partial charge in [-0.25, -0.2) is 8.42 Å². The topological polar surface area (TPSA) is 97.7 Å². The van der Waals surface area contributed by atoms with Crippen molar-refractivity contribution in [2.24, 2.45) is 0 Å². The largest absolute Gasteiger partial charge is 0.495 e. The molecule has 1 aromatic carbocycles. The van der Waals surface area contributed by atoms with Gasteiger partial charge in [-0.3, -0.25) is 9.59 Å². The first-order chi connectivity index (χ1) is 14.8. The van der Waals surface area contributed by atoms with E-state index in [4.69, 9.17) is 16.3 Å². The van der Waals surface area contributed by atoms with Crippen molar-refractivity contribution >= 4 is 33.2 Å². The number of pyridine rings is 1. The number of nitrogens with zero attached hydrogens (tertiary/aromatic N) is 2. The smallest absolute Gasteiger partial charge is 0.417 e. The Hall–Kier alpha value is -2.57. The van der Waals surface area contributed by atoms with E-state index in [1.165, 1.54) is 29.6 Å². The number of ether oxygens (including phenoxy) is 1. The van der Waals surface area contributed by atoms with E-state index in [-0.39, 0.29) is 29.4 Å². The lowest BCUT2D eigenvalue weighted by Crippen LogP contribution is -2.31. The van der Waals surface area contributed by atoms with E-state index in [1.807, 2.05) is 0 Å². The molecule has 32 heavy (non-hydrogen) atoms. The van der Waals surface area contributed by atoms with Crippen molar-refractivity contribution < 1.29 is 31.1 Å². The first-order valence-electron chi connectivity index (χ1n) is 9.30. The Labute approximate surface area is 187 Å². The van der Waals surface area contributed by atoms with Crippen molar-refractivity contribution in [1.29, 1.82) is 0 Å². The predicted octanol–water partition coefficient (Wildman–Crippen LogP) is 3.20.